The molecule has 1 heterocycles. The summed E-state index contributed by atoms with van der Waals surface area (Å²) < 4.78 is 7.10. The third-order valence-electron chi connectivity index (χ3n) is 5.41. The van der Waals surface area contributed by atoms with Crippen LogP contribution >= 0.6 is 0 Å². The van der Waals surface area contributed by atoms with Crippen molar-refractivity contribution in [3.63, 3.8) is 0 Å². The minimum absolute atomic E-state index is 0.0678. The fraction of sp³-hybridized carbons (Fsp3) is 0.261. The highest BCUT2D eigenvalue weighted by atomic mass is 16.5. The molecule has 0 radical (unpaired) electrons. The topological polar surface area (TPSA) is 93.5 Å². The lowest BCUT2D eigenvalue weighted by atomic mass is 9.98. The number of aliphatic carboxylic acids is 1. The zero-order chi connectivity index (χ0) is 21.1. The lowest BCUT2D eigenvalue weighted by Gasteiger charge is -2.17. The summed E-state index contributed by atoms with van der Waals surface area (Å²) in [6.07, 6.45) is 3.54. The Balaban J connectivity index is 1.38. The maximum Gasteiger partial charge on any atom is 0.407 e. The molecule has 1 aliphatic rings. The Morgan fingerprint density at radius 1 is 1.13 bits per heavy atom. The second-order valence-electron chi connectivity index (χ2n) is 7.42. The Labute approximate surface area is 174 Å². The molecule has 1 amide bonds. The molecule has 1 unspecified atom stereocenters. The molecular formula is C23H23N3O4. The van der Waals surface area contributed by atoms with Crippen LogP contribution in [0.3, 0.4) is 0 Å². The minimum Gasteiger partial charge on any atom is -0.480 e. The minimum atomic E-state index is -1.09. The number of hydrogen-bond acceptors (Lipinski definition) is 4. The van der Waals surface area contributed by atoms with Crippen molar-refractivity contribution in [2.45, 2.75) is 24.8 Å². The van der Waals surface area contributed by atoms with Crippen molar-refractivity contribution in [1.29, 1.82) is 0 Å². The highest BCUT2D eigenvalue weighted by molar-refractivity contribution is 5.81. The number of aromatic nitrogens is 2. The molecule has 1 aliphatic carbocycles. The van der Waals surface area contributed by atoms with Crippen LogP contribution in [0.25, 0.3) is 11.1 Å². The number of alkyl carbamates (subject to hydrolysis) is 1. The van der Waals surface area contributed by atoms with Gasteiger partial charge in [-0.15, -0.1) is 0 Å². The fourth-order valence-corrected chi connectivity index (χ4v) is 3.95. The van der Waals surface area contributed by atoms with Crippen LogP contribution in [0.2, 0.25) is 0 Å². The number of fused-ring (bicyclic) bond motifs is 3. The first-order valence-electron chi connectivity index (χ1n) is 9.85. The molecule has 0 saturated carbocycles. The number of carbonyl (C=O) groups is 2. The van der Waals surface area contributed by atoms with Gasteiger partial charge in [-0.1, -0.05) is 48.5 Å². The van der Waals surface area contributed by atoms with E-state index in [2.05, 4.69) is 22.5 Å². The molecule has 30 heavy (non-hydrogen) atoms. The molecule has 0 saturated heterocycles. The lowest BCUT2D eigenvalue weighted by molar-refractivity contribution is -0.139. The standard InChI is InChI=1S/C23H23N3O4/c1-26-13-15(12-24-26)10-11-21(22(27)28)25-23(29)30-14-20-18-8-4-2-6-16(18)17-7-3-5-9-19(17)20/h2-9,12-13,20-21H,10-11,14H2,1H3,(H,25,29)(H,27,28). The number of carboxylic acid groups (broad SMARTS) is 1. The maximum atomic E-state index is 12.3. The number of nitrogens with one attached hydrogen (secondary N) is 1. The number of rotatable bonds is 7. The number of nitrogens with zero attached hydrogens (tertiary/aromatic N) is 2. The first-order valence-corrected chi connectivity index (χ1v) is 9.85. The number of amides is 1. The third-order valence-corrected chi connectivity index (χ3v) is 5.41. The smallest absolute Gasteiger partial charge is 0.407 e. The van der Waals surface area contributed by atoms with E-state index < -0.39 is 18.1 Å². The van der Waals surface area contributed by atoms with Gasteiger partial charge in [0.1, 0.15) is 12.6 Å². The number of ether oxygens (including phenoxy) is 1. The molecule has 1 atom stereocenters. The molecule has 0 aliphatic heterocycles. The largest absolute Gasteiger partial charge is 0.480 e. The first-order chi connectivity index (χ1) is 14.5. The molecule has 4 rings (SSSR count). The average molecular weight is 405 g/mol. The van der Waals surface area contributed by atoms with Crippen LogP contribution in [-0.4, -0.2) is 39.6 Å². The summed E-state index contributed by atoms with van der Waals surface area (Å²) >= 11 is 0. The van der Waals surface area contributed by atoms with Gasteiger partial charge in [-0.25, -0.2) is 9.59 Å². The summed E-state index contributed by atoms with van der Waals surface area (Å²) in [5.74, 6) is -1.16. The summed E-state index contributed by atoms with van der Waals surface area (Å²) in [6.45, 7) is 0.148. The van der Waals surface area contributed by atoms with E-state index in [4.69, 9.17) is 4.74 Å². The van der Waals surface area contributed by atoms with Gasteiger partial charge in [0.15, 0.2) is 0 Å². The lowest BCUT2D eigenvalue weighted by Crippen LogP contribution is -2.41. The molecule has 7 heteroatoms. The van der Waals surface area contributed by atoms with Crippen LogP contribution in [-0.2, 0) is 23.0 Å². The van der Waals surface area contributed by atoms with Crippen LogP contribution in [0, 0.1) is 0 Å². The molecule has 2 N–H and O–H groups in total. The number of carbonyl (C=O) groups excluding carboxylic acids is 1. The van der Waals surface area contributed by atoms with Crippen LogP contribution < -0.4 is 5.32 Å². The Kier molecular flexibility index (Phi) is 5.52. The zero-order valence-electron chi connectivity index (χ0n) is 16.6. The van der Waals surface area contributed by atoms with E-state index in [0.29, 0.717) is 6.42 Å². The van der Waals surface area contributed by atoms with Gasteiger partial charge in [0.2, 0.25) is 0 Å². The van der Waals surface area contributed by atoms with E-state index in [0.717, 1.165) is 27.8 Å². The quantitative estimate of drug-likeness (QED) is 0.629. The number of hydrogen-bond donors (Lipinski definition) is 2. The Morgan fingerprint density at radius 3 is 2.33 bits per heavy atom. The van der Waals surface area contributed by atoms with Crippen LogP contribution in [0.15, 0.2) is 60.9 Å². The van der Waals surface area contributed by atoms with Gasteiger partial charge in [0, 0.05) is 19.2 Å². The number of aryl methyl sites for hydroxylation is 2. The van der Waals surface area contributed by atoms with E-state index in [9.17, 15) is 14.7 Å². The van der Waals surface area contributed by atoms with Gasteiger partial charge >= 0.3 is 12.1 Å². The van der Waals surface area contributed by atoms with Crippen LogP contribution in [0.5, 0.6) is 0 Å². The van der Waals surface area contributed by atoms with Gasteiger partial charge in [0.05, 0.1) is 6.20 Å². The van der Waals surface area contributed by atoms with Gasteiger partial charge in [-0.05, 0) is 40.7 Å². The highest BCUT2D eigenvalue weighted by Gasteiger charge is 2.29. The van der Waals surface area contributed by atoms with Gasteiger partial charge in [-0.2, -0.15) is 5.10 Å². The number of carboxylic acids is 1. The summed E-state index contributed by atoms with van der Waals surface area (Å²) in [5.41, 5.74) is 5.41. The van der Waals surface area contributed by atoms with Crippen molar-refractivity contribution in [1.82, 2.24) is 15.1 Å². The molecule has 0 spiro atoms. The highest BCUT2D eigenvalue weighted by Crippen LogP contribution is 2.44. The van der Waals surface area contributed by atoms with Crippen molar-refractivity contribution >= 4 is 12.1 Å². The third kappa shape index (κ3) is 4.05. The predicted molar refractivity (Wildman–Crippen MR) is 111 cm³/mol. The number of benzene rings is 2. The molecule has 1 aromatic heterocycles. The summed E-state index contributed by atoms with van der Waals surface area (Å²) in [6, 6.07) is 15.1. The van der Waals surface area contributed by atoms with Crippen molar-refractivity contribution < 1.29 is 19.4 Å². The Morgan fingerprint density at radius 2 is 1.77 bits per heavy atom. The fourth-order valence-electron chi connectivity index (χ4n) is 3.95. The molecule has 7 nitrogen and oxygen atoms in total. The average Bonchev–Trinajstić information content (AvgIpc) is 3.30. The van der Waals surface area contributed by atoms with Gasteiger partial charge in [0.25, 0.3) is 0 Å². The summed E-state index contributed by atoms with van der Waals surface area (Å²) in [7, 11) is 1.80. The maximum absolute atomic E-state index is 12.3. The van der Waals surface area contributed by atoms with Crippen LogP contribution in [0.4, 0.5) is 4.79 Å². The predicted octanol–water partition coefficient (Wildman–Crippen LogP) is 3.34. The molecule has 0 bridgehead atoms. The van der Waals surface area contributed by atoms with E-state index in [-0.39, 0.29) is 18.9 Å². The summed E-state index contributed by atoms with van der Waals surface area (Å²) in [4.78, 5) is 23.9. The van der Waals surface area contributed by atoms with Crippen LogP contribution in [0.1, 0.15) is 29.0 Å². The van der Waals surface area contributed by atoms with E-state index >= 15 is 0 Å². The van der Waals surface area contributed by atoms with E-state index in [1.54, 1.807) is 17.9 Å². The molecule has 154 valence electrons. The molecule has 0 fully saturated rings. The van der Waals surface area contributed by atoms with Crippen molar-refractivity contribution in [2.24, 2.45) is 7.05 Å². The Hall–Kier alpha value is -3.61. The Bertz CT molecular complexity index is 1030. The van der Waals surface area contributed by atoms with Crippen molar-refractivity contribution in [3.05, 3.63) is 77.6 Å². The summed E-state index contributed by atoms with van der Waals surface area (Å²) in [5, 5.41) is 16.0. The second kappa shape index (κ2) is 8.41. The SMILES string of the molecule is Cn1cc(CCC(NC(=O)OCC2c3ccccc3-c3ccccc32)C(=O)O)cn1. The molecule has 2 aromatic carbocycles. The normalized spacial score (nSPS) is 13.4. The first kappa shape index (κ1) is 19.7. The second-order valence-corrected chi connectivity index (χ2v) is 7.42. The van der Waals surface area contributed by atoms with Gasteiger partial charge in [-0.3, -0.25) is 4.68 Å². The van der Waals surface area contributed by atoms with E-state index in [1.165, 1.54) is 0 Å². The van der Waals surface area contributed by atoms with Crippen molar-refractivity contribution in [2.75, 3.05) is 6.61 Å². The van der Waals surface area contributed by atoms with E-state index in [1.807, 2.05) is 42.6 Å². The monoisotopic (exact) mass is 405 g/mol. The molecule has 3 aromatic rings. The van der Waals surface area contributed by atoms with Gasteiger partial charge < -0.3 is 15.2 Å². The van der Waals surface area contributed by atoms with Crippen molar-refractivity contribution in [3.8, 4) is 11.1 Å². The zero-order valence-corrected chi connectivity index (χ0v) is 16.6. The molecular weight excluding hydrogens is 382 g/mol.